The SMILES string of the molecule is CC(C)(C)c1cc(NC(=O)NC2CCC(Oc3ccc4nnc(N5CCCCC5)n4c3)c3ccccc32)n(-c2ccc(Cl)c(O)c2)n1. The van der Waals surface area contributed by atoms with Gasteiger partial charge in [-0.05, 0) is 67.5 Å². The number of nitrogens with one attached hydrogen (secondary N) is 2. The molecule has 1 aliphatic carbocycles. The molecule has 244 valence electrons. The number of anilines is 2. The van der Waals surface area contributed by atoms with Crippen LogP contribution in [-0.4, -0.2) is 48.6 Å². The Hall–Kier alpha value is -4.77. The maximum absolute atomic E-state index is 13.5. The van der Waals surface area contributed by atoms with Crippen LogP contribution in [0.5, 0.6) is 11.5 Å². The molecule has 0 radical (unpaired) electrons. The van der Waals surface area contributed by atoms with Crippen LogP contribution in [-0.2, 0) is 5.41 Å². The number of aromatic nitrogens is 5. The Morgan fingerprint density at radius 3 is 2.53 bits per heavy atom. The summed E-state index contributed by atoms with van der Waals surface area (Å²) in [5.41, 5.74) is 3.95. The summed E-state index contributed by atoms with van der Waals surface area (Å²) in [4.78, 5) is 15.8. The van der Waals surface area contributed by atoms with E-state index < -0.39 is 0 Å². The van der Waals surface area contributed by atoms with Crippen molar-refractivity contribution in [1.82, 2.24) is 29.7 Å². The van der Waals surface area contributed by atoms with Crippen molar-refractivity contribution in [1.29, 1.82) is 0 Å². The van der Waals surface area contributed by atoms with Crippen LogP contribution < -0.4 is 20.3 Å². The molecule has 11 nitrogen and oxygen atoms in total. The first kappa shape index (κ1) is 30.9. The molecule has 0 spiro atoms. The molecule has 1 saturated heterocycles. The van der Waals surface area contributed by atoms with Crippen molar-refractivity contribution in [3.8, 4) is 17.2 Å². The summed E-state index contributed by atoms with van der Waals surface area (Å²) in [6.45, 7) is 8.12. The van der Waals surface area contributed by atoms with Gasteiger partial charge in [-0.1, -0.05) is 56.6 Å². The van der Waals surface area contributed by atoms with Gasteiger partial charge in [0.2, 0.25) is 5.95 Å². The zero-order valence-corrected chi connectivity index (χ0v) is 27.5. The van der Waals surface area contributed by atoms with E-state index in [0.717, 1.165) is 66.5 Å². The average molecular weight is 655 g/mol. The Morgan fingerprint density at radius 2 is 1.77 bits per heavy atom. The number of urea groups is 1. The number of phenolic OH excluding ortho intramolecular Hbond substituents is 1. The van der Waals surface area contributed by atoms with E-state index in [1.807, 2.05) is 47.0 Å². The number of hydrogen-bond donors (Lipinski definition) is 3. The molecule has 12 heteroatoms. The van der Waals surface area contributed by atoms with Crippen LogP contribution in [0.4, 0.5) is 16.6 Å². The zero-order valence-electron chi connectivity index (χ0n) is 26.8. The van der Waals surface area contributed by atoms with Gasteiger partial charge < -0.3 is 20.1 Å². The van der Waals surface area contributed by atoms with Crippen molar-refractivity contribution in [3.63, 3.8) is 0 Å². The van der Waals surface area contributed by atoms with Crippen molar-refractivity contribution in [2.45, 2.75) is 70.4 Å². The quantitative estimate of drug-likeness (QED) is 0.175. The molecule has 2 aliphatic rings. The number of hydrogen-bond acceptors (Lipinski definition) is 7. The molecule has 1 fully saturated rings. The highest BCUT2D eigenvalue weighted by Gasteiger charge is 2.30. The van der Waals surface area contributed by atoms with Gasteiger partial charge in [0.05, 0.1) is 28.6 Å². The second-order valence-electron chi connectivity index (χ2n) is 13.3. The minimum atomic E-state index is -0.354. The molecule has 2 unspecified atom stereocenters. The molecule has 2 aromatic carbocycles. The Morgan fingerprint density at radius 1 is 0.979 bits per heavy atom. The van der Waals surface area contributed by atoms with Gasteiger partial charge in [0.25, 0.3) is 0 Å². The second-order valence-corrected chi connectivity index (χ2v) is 13.7. The third kappa shape index (κ3) is 6.32. The highest BCUT2D eigenvalue weighted by molar-refractivity contribution is 6.32. The van der Waals surface area contributed by atoms with Crippen LogP contribution in [0.3, 0.4) is 0 Å². The van der Waals surface area contributed by atoms with Crippen molar-refractivity contribution < 1.29 is 14.6 Å². The van der Waals surface area contributed by atoms with Crippen molar-refractivity contribution >= 4 is 35.0 Å². The predicted molar refractivity (Wildman–Crippen MR) is 182 cm³/mol. The van der Waals surface area contributed by atoms with Crippen molar-refractivity contribution in [3.05, 3.63) is 88.7 Å². The van der Waals surface area contributed by atoms with Gasteiger partial charge in [-0.3, -0.25) is 9.72 Å². The normalized spacial score (nSPS) is 18.2. The van der Waals surface area contributed by atoms with Gasteiger partial charge in [0.1, 0.15) is 23.4 Å². The third-order valence-corrected chi connectivity index (χ3v) is 9.23. The number of carbonyl (C=O) groups excluding carboxylic acids is 1. The minimum Gasteiger partial charge on any atom is -0.506 e. The topological polar surface area (TPSA) is 122 Å². The van der Waals surface area contributed by atoms with E-state index in [2.05, 4.69) is 52.6 Å². The summed E-state index contributed by atoms with van der Waals surface area (Å²) >= 11 is 6.05. The molecule has 0 bridgehead atoms. The Kier molecular flexibility index (Phi) is 8.17. The summed E-state index contributed by atoms with van der Waals surface area (Å²) in [7, 11) is 0. The average Bonchev–Trinajstić information content (AvgIpc) is 3.68. The fourth-order valence-corrected chi connectivity index (χ4v) is 6.52. The van der Waals surface area contributed by atoms with E-state index in [4.69, 9.17) is 21.4 Å². The van der Waals surface area contributed by atoms with Crippen molar-refractivity contribution in [2.24, 2.45) is 0 Å². The zero-order chi connectivity index (χ0) is 32.7. The lowest BCUT2D eigenvalue weighted by Gasteiger charge is -2.32. The lowest BCUT2D eigenvalue weighted by Crippen LogP contribution is -2.36. The minimum absolute atomic E-state index is 0.0629. The molecule has 3 aromatic heterocycles. The standard InChI is InChI=1S/C35H39ClN8O3/c1-35(2,3)30-20-32(44(41-30)22-11-13-26(36)28(45)19-22)38-33(46)37-27-14-15-29(25-10-6-5-9-24(25)27)47-23-12-16-31-39-40-34(43(31)21-23)42-17-7-4-8-18-42/h5-6,9-13,16,19-21,27,29,45H,4,7-8,14-15,17-18H2,1-3H3,(H2,37,38,46). The summed E-state index contributed by atoms with van der Waals surface area (Å²) < 4.78 is 10.2. The van der Waals surface area contributed by atoms with Gasteiger partial charge in [0.15, 0.2) is 5.65 Å². The maximum Gasteiger partial charge on any atom is 0.320 e. The van der Waals surface area contributed by atoms with Crippen molar-refractivity contribution in [2.75, 3.05) is 23.3 Å². The summed E-state index contributed by atoms with van der Waals surface area (Å²) in [6.07, 6.45) is 6.79. The number of pyridine rings is 1. The number of ether oxygens (including phenoxy) is 1. The first-order chi connectivity index (χ1) is 22.6. The monoisotopic (exact) mass is 654 g/mol. The first-order valence-electron chi connectivity index (χ1n) is 16.2. The van der Waals surface area contributed by atoms with Crippen LogP contribution in [0.25, 0.3) is 11.3 Å². The number of rotatable bonds is 6. The number of carbonyl (C=O) groups is 1. The molecular formula is C35H39ClN8O3. The number of aromatic hydroxyl groups is 1. The largest absolute Gasteiger partial charge is 0.506 e. The van der Waals surface area contributed by atoms with Gasteiger partial charge in [-0.2, -0.15) is 5.10 Å². The number of piperidine rings is 1. The Balaban J connectivity index is 1.09. The number of nitrogens with zero attached hydrogens (tertiary/aromatic N) is 6. The van der Waals surface area contributed by atoms with E-state index >= 15 is 0 Å². The molecule has 4 heterocycles. The molecule has 2 atom stereocenters. The number of halogens is 1. The smallest absolute Gasteiger partial charge is 0.320 e. The number of fused-ring (bicyclic) bond motifs is 2. The lowest BCUT2D eigenvalue weighted by molar-refractivity contribution is 0.171. The highest BCUT2D eigenvalue weighted by atomic mass is 35.5. The molecule has 47 heavy (non-hydrogen) atoms. The molecular weight excluding hydrogens is 616 g/mol. The van der Waals surface area contributed by atoms with Crippen LogP contribution in [0, 0.1) is 0 Å². The molecule has 5 aromatic rings. The van der Waals surface area contributed by atoms with Gasteiger partial charge >= 0.3 is 6.03 Å². The fraction of sp³-hybridized carbons (Fsp3) is 0.371. The summed E-state index contributed by atoms with van der Waals surface area (Å²) in [6, 6.07) is 18.2. The van der Waals surface area contributed by atoms with Crippen LogP contribution in [0.15, 0.2) is 66.9 Å². The maximum atomic E-state index is 13.5. The highest BCUT2D eigenvalue weighted by Crippen LogP contribution is 2.39. The van der Waals surface area contributed by atoms with E-state index in [1.54, 1.807) is 16.8 Å². The number of phenols is 1. The van der Waals surface area contributed by atoms with Gasteiger partial charge in [0, 0.05) is 30.6 Å². The van der Waals surface area contributed by atoms with E-state index in [0.29, 0.717) is 17.9 Å². The Bertz CT molecular complexity index is 1920. The third-order valence-electron chi connectivity index (χ3n) is 8.91. The van der Waals surface area contributed by atoms with Gasteiger partial charge in [-0.15, -0.1) is 10.2 Å². The van der Waals surface area contributed by atoms with Crippen LogP contribution >= 0.6 is 11.6 Å². The fourth-order valence-electron chi connectivity index (χ4n) is 6.40. The predicted octanol–water partition coefficient (Wildman–Crippen LogP) is 7.34. The number of benzene rings is 2. The lowest BCUT2D eigenvalue weighted by atomic mass is 9.85. The van der Waals surface area contributed by atoms with Crippen LogP contribution in [0.1, 0.15) is 81.8 Å². The molecule has 3 N–H and O–H groups in total. The molecule has 7 rings (SSSR count). The molecule has 1 aliphatic heterocycles. The van der Waals surface area contributed by atoms with Gasteiger partial charge in [-0.25, -0.2) is 9.48 Å². The van der Waals surface area contributed by atoms with E-state index in [1.165, 1.54) is 12.5 Å². The molecule has 0 saturated carbocycles. The van der Waals surface area contributed by atoms with E-state index in [9.17, 15) is 9.90 Å². The second kappa shape index (κ2) is 12.4. The summed E-state index contributed by atoms with van der Waals surface area (Å²) in [5, 5.41) is 30.2. The van der Waals surface area contributed by atoms with Crippen LogP contribution in [0.2, 0.25) is 5.02 Å². The summed E-state index contributed by atoms with van der Waals surface area (Å²) in [5.74, 6) is 2.02. The first-order valence-corrected chi connectivity index (χ1v) is 16.5. The molecule has 2 amide bonds. The number of amides is 2. The Labute approximate surface area is 278 Å². The van der Waals surface area contributed by atoms with E-state index in [-0.39, 0.29) is 34.4 Å².